The summed E-state index contributed by atoms with van der Waals surface area (Å²) in [6.45, 7) is 7.20. The molecule has 9 nitrogen and oxygen atoms in total. The molecule has 0 aromatic carbocycles. The highest BCUT2D eigenvalue weighted by molar-refractivity contribution is 5.94. The van der Waals surface area contributed by atoms with Gasteiger partial charge in [0.15, 0.2) is 11.6 Å². The van der Waals surface area contributed by atoms with Crippen molar-refractivity contribution in [2.45, 2.75) is 57.4 Å². The van der Waals surface area contributed by atoms with Crippen molar-refractivity contribution in [2.24, 2.45) is 4.99 Å². The summed E-state index contributed by atoms with van der Waals surface area (Å²) < 4.78 is 20.3. The Kier molecular flexibility index (Phi) is 3.55. The van der Waals surface area contributed by atoms with Crippen molar-refractivity contribution < 1.29 is 19.3 Å². The van der Waals surface area contributed by atoms with Gasteiger partial charge in [-0.2, -0.15) is 4.98 Å². The van der Waals surface area contributed by atoms with Crippen LogP contribution in [0, 0.1) is 6.92 Å². The second-order valence-electron chi connectivity index (χ2n) is 8.13. The lowest BCUT2D eigenvalue weighted by Gasteiger charge is -2.30. The third-order valence-corrected chi connectivity index (χ3v) is 5.62. The molecule has 5 rings (SSSR count). The molecule has 0 amide bonds. The van der Waals surface area contributed by atoms with Gasteiger partial charge in [0.25, 0.3) is 5.56 Å². The van der Waals surface area contributed by atoms with Gasteiger partial charge in [-0.3, -0.25) is 14.9 Å². The van der Waals surface area contributed by atoms with Crippen molar-refractivity contribution in [2.75, 3.05) is 12.0 Å². The van der Waals surface area contributed by atoms with Crippen LogP contribution in [0.4, 0.5) is 5.82 Å². The summed E-state index contributed by atoms with van der Waals surface area (Å²) in [4.78, 5) is 20.5. The molecule has 0 unspecified atom stereocenters. The molecule has 0 radical (unpaired) electrons. The second kappa shape index (κ2) is 5.60. The van der Waals surface area contributed by atoms with Crippen molar-refractivity contribution in [3.05, 3.63) is 33.7 Å². The van der Waals surface area contributed by atoms with Crippen molar-refractivity contribution in [1.82, 2.24) is 9.66 Å². The summed E-state index contributed by atoms with van der Waals surface area (Å²) in [5.41, 5.74) is 4.00. The number of aliphatic hydroxyl groups excluding tert-OH is 1. The van der Waals surface area contributed by atoms with E-state index in [0.717, 1.165) is 11.1 Å². The molecule has 0 aliphatic carbocycles. The first kappa shape index (κ1) is 17.7. The summed E-state index contributed by atoms with van der Waals surface area (Å²) in [5.74, 6) is -0.439. The quantitative estimate of drug-likeness (QED) is 0.800. The predicted molar refractivity (Wildman–Crippen MR) is 101 cm³/mol. The van der Waals surface area contributed by atoms with E-state index in [9.17, 15) is 9.90 Å². The maximum Gasteiger partial charge on any atom is 0.274 e. The molecule has 9 heteroatoms. The number of aliphatic hydroxyl groups is 1. The molecule has 2 fully saturated rings. The van der Waals surface area contributed by atoms with Crippen LogP contribution in [0.5, 0.6) is 0 Å². The number of fused-ring (bicyclic) bond motifs is 1. The normalized spacial score (nSPS) is 32.5. The number of aliphatic imine (C=N–C) groups is 1. The fourth-order valence-electron chi connectivity index (χ4n) is 4.56. The van der Waals surface area contributed by atoms with Crippen LogP contribution in [-0.4, -0.2) is 51.3 Å². The topological polar surface area (TPSA) is 107 Å². The van der Waals surface area contributed by atoms with Crippen LogP contribution >= 0.6 is 0 Å². The number of rotatable bonds is 2. The van der Waals surface area contributed by atoms with Crippen LogP contribution in [-0.2, 0) is 14.2 Å². The van der Waals surface area contributed by atoms with Gasteiger partial charge in [0.1, 0.15) is 35.8 Å². The highest BCUT2D eigenvalue weighted by Gasteiger charge is 2.64. The first-order valence-corrected chi connectivity index (χ1v) is 9.24. The Labute approximate surface area is 160 Å². The number of aromatic nitrogens is 2. The van der Waals surface area contributed by atoms with Crippen LogP contribution < -0.4 is 11.0 Å². The van der Waals surface area contributed by atoms with Crippen molar-refractivity contribution in [3.63, 3.8) is 0 Å². The zero-order valence-electron chi connectivity index (χ0n) is 16.1. The average Bonchev–Trinajstić information content (AvgIpc) is 3.16. The Hall–Kier alpha value is -2.33. The molecular formula is C19H22N4O5. The van der Waals surface area contributed by atoms with Gasteiger partial charge in [-0.05, 0) is 39.8 Å². The zero-order valence-corrected chi connectivity index (χ0v) is 16.1. The molecule has 28 heavy (non-hydrogen) atoms. The van der Waals surface area contributed by atoms with Crippen molar-refractivity contribution in [3.8, 4) is 0 Å². The van der Waals surface area contributed by atoms with E-state index in [1.54, 1.807) is 13.0 Å². The molecule has 0 spiro atoms. The van der Waals surface area contributed by atoms with Gasteiger partial charge in [0.2, 0.25) is 0 Å². The number of nitrogens with one attached hydrogen (secondary N) is 1. The summed E-state index contributed by atoms with van der Waals surface area (Å²) in [5, 5.41) is 10.7. The van der Waals surface area contributed by atoms with E-state index in [2.05, 4.69) is 15.4 Å². The molecule has 4 atom stereocenters. The van der Waals surface area contributed by atoms with Crippen LogP contribution in [0.2, 0.25) is 0 Å². The lowest BCUT2D eigenvalue weighted by molar-refractivity contribution is -0.207. The van der Waals surface area contributed by atoms with E-state index in [0.29, 0.717) is 16.9 Å². The van der Waals surface area contributed by atoms with E-state index in [1.165, 1.54) is 6.34 Å². The number of ether oxygens (including phenoxy) is 3. The molecule has 2 aromatic heterocycles. The minimum atomic E-state index is -0.796. The number of aryl methyl sites for hydroxylation is 1. The van der Waals surface area contributed by atoms with Gasteiger partial charge >= 0.3 is 0 Å². The molecule has 2 saturated heterocycles. The Morgan fingerprint density at radius 2 is 2.11 bits per heavy atom. The molecule has 148 valence electrons. The zero-order chi connectivity index (χ0) is 19.8. The van der Waals surface area contributed by atoms with E-state index in [1.807, 2.05) is 31.5 Å². The molecule has 2 N–H and O–H groups in total. The smallest absolute Gasteiger partial charge is 0.274 e. The van der Waals surface area contributed by atoms with Crippen molar-refractivity contribution >= 4 is 23.1 Å². The lowest BCUT2D eigenvalue weighted by atomic mass is 9.91. The van der Waals surface area contributed by atoms with E-state index < -0.39 is 29.7 Å². The maximum atomic E-state index is 12.1. The molecule has 0 bridgehead atoms. The SMILES string of the molecule is Cc1cc2cc([C@@H]3O[C@H](CO)[C@H]4OC(C)(C)O[C@]43C)n3c2c(nc1=O)N=CN3. The molecule has 0 saturated carbocycles. The standard InChI is InChI=1S/C19H22N4O5/c1-9-5-10-6-11(23-13(10)16(20-8-21-23)22-17(9)25)14-19(4)15(12(7-24)26-14)27-18(2,3)28-19/h5-6,8,12,14-15,24H,7H2,1-4H3,(H,20,21,22,25)/t12-,14+,15-,19+/m1/s1. The van der Waals surface area contributed by atoms with Gasteiger partial charge in [-0.1, -0.05) is 0 Å². The second-order valence-corrected chi connectivity index (χ2v) is 8.13. The van der Waals surface area contributed by atoms with Crippen molar-refractivity contribution in [1.29, 1.82) is 0 Å². The Morgan fingerprint density at radius 3 is 2.86 bits per heavy atom. The Bertz CT molecular complexity index is 1080. The molecule has 2 aromatic rings. The Morgan fingerprint density at radius 1 is 1.32 bits per heavy atom. The van der Waals surface area contributed by atoms with Crippen LogP contribution in [0.3, 0.4) is 0 Å². The maximum absolute atomic E-state index is 12.1. The van der Waals surface area contributed by atoms with Crippen LogP contribution in [0.15, 0.2) is 21.9 Å². The minimum Gasteiger partial charge on any atom is -0.394 e. The first-order chi connectivity index (χ1) is 13.2. The van der Waals surface area contributed by atoms with Gasteiger partial charge < -0.3 is 19.3 Å². The van der Waals surface area contributed by atoms with Crippen LogP contribution in [0.25, 0.3) is 10.9 Å². The van der Waals surface area contributed by atoms with Gasteiger partial charge in [0, 0.05) is 10.9 Å². The highest BCUT2D eigenvalue weighted by atomic mass is 16.8. The third kappa shape index (κ3) is 2.30. The first-order valence-electron chi connectivity index (χ1n) is 9.24. The average molecular weight is 386 g/mol. The largest absolute Gasteiger partial charge is 0.394 e. The summed E-state index contributed by atoms with van der Waals surface area (Å²) in [6, 6.07) is 3.74. The van der Waals surface area contributed by atoms with E-state index >= 15 is 0 Å². The lowest BCUT2D eigenvalue weighted by Crippen LogP contribution is -2.41. The molecule has 3 aliphatic heterocycles. The Balaban J connectivity index is 1.72. The summed E-state index contributed by atoms with van der Waals surface area (Å²) in [7, 11) is 0. The summed E-state index contributed by atoms with van der Waals surface area (Å²) >= 11 is 0. The fraction of sp³-hybridized carbons (Fsp3) is 0.526. The highest BCUT2D eigenvalue weighted by Crippen LogP contribution is 2.53. The summed E-state index contributed by atoms with van der Waals surface area (Å²) in [6.07, 6.45) is 0.0576. The molecular weight excluding hydrogens is 364 g/mol. The van der Waals surface area contributed by atoms with E-state index in [-0.39, 0.29) is 12.2 Å². The third-order valence-electron chi connectivity index (χ3n) is 5.62. The molecule has 5 heterocycles. The molecule has 3 aliphatic rings. The number of nitrogens with zero attached hydrogens (tertiary/aromatic N) is 3. The van der Waals surface area contributed by atoms with Crippen LogP contribution in [0.1, 0.15) is 38.1 Å². The van der Waals surface area contributed by atoms with Gasteiger partial charge in [0.05, 0.1) is 12.3 Å². The monoisotopic (exact) mass is 386 g/mol. The minimum absolute atomic E-state index is 0.175. The fourth-order valence-corrected chi connectivity index (χ4v) is 4.56. The van der Waals surface area contributed by atoms with Gasteiger partial charge in [-0.25, -0.2) is 4.99 Å². The van der Waals surface area contributed by atoms with Gasteiger partial charge in [-0.15, -0.1) is 0 Å². The number of hydrogen-bond donors (Lipinski definition) is 2. The van der Waals surface area contributed by atoms with E-state index in [4.69, 9.17) is 14.2 Å². The number of hydrogen-bond acceptors (Lipinski definition) is 8. The predicted octanol–water partition coefficient (Wildman–Crippen LogP) is 1.26.